The maximum atomic E-state index is 14.0. The molecule has 7 heteroatoms. The molecule has 1 unspecified atom stereocenters. The summed E-state index contributed by atoms with van der Waals surface area (Å²) in [6.45, 7) is 0.589. The highest BCUT2D eigenvalue weighted by atomic mass is 32.1. The minimum atomic E-state index is -3.79. The molecule has 1 atom stereocenters. The zero-order valence-electron chi connectivity index (χ0n) is 8.58. The smallest absolute Gasteiger partial charge is 0.295 e. The number of hydrogen-bond donors (Lipinski definition) is 0. The fourth-order valence-corrected chi connectivity index (χ4v) is 1.88. The molecule has 0 bridgehead atoms. The van der Waals surface area contributed by atoms with Crippen LogP contribution in [0.25, 0.3) is 0 Å². The lowest BCUT2D eigenvalue weighted by atomic mass is 9.90. The number of alkyl halides is 3. The summed E-state index contributed by atoms with van der Waals surface area (Å²) >= 11 is 0.766. The van der Waals surface area contributed by atoms with E-state index in [1.807, 2.05) is 0 Å². The Morgan fingerprint density at radius 1 is 1.35 bits per heavy atom. The molecule has 92 valence electrons. The molecule has 17 heavy (non-hydrogen) atoms. The van der Waals surface area contributed by atoms with E-state index in [1.54, 1.807) is 0 Å². The van der Waals surface area contributed by atoms with Gasteiger partial charge in [-0.25, -0.2) is 13.2 Å². The van der Waals surface area contributed by atoms with Crippen molar-refractivity contribution in [1.82, 2.24) is 0 Å². The number of Topliss-reactive ketones (excluding diaryl/α,β-unsaturated/α-hetero) is 3. The zero-order chi connectivity index (χ0) is 13.2. The van der Waals surface area contributed by atoms with E-state index in [0.29, 0.717) is 6.92 Å². The molecule has 1 rings (SSSR count). The third-order valence-corrected chi connectivity index (χ3v) is 2.95. The lowest BCUT2D eigenvalue weighted by molar-refractivity contribution is -0.145. The van der Waals surface area contributed by atoms with Crippen molar-refractivity contribution in [3.8, 4) is 0 Å². The highest BCUT2D eigenvalue weighted by molar-refractivity contribution is 7.12. The van der Waals surface area contributed by atoms with Crippen LogP contribution in [0.15, 0.2) is 17.5 Å². The van der Waals surface area contributed by atoms with Gasteiger partial charge in [-0.1, -0.05) is 6.07 Å². The predicted octanol–water partition coefficient (Wildman–Crippen LogP) is 2.06. The van der Waals surface area contributed by atoms with Crippen molar-refractivity contribution in [3.05, 3.63) is 22.4 Å². The summed E-state index contributed by atoms with van der Waals surface area (Å²) in [5, 5.41) is 1.40. The molecule has 0 spiro atoms. The fourth-order valence-electron chi connectivity index (χ4n) is 1.17. The Morgan fingerprint density at radius 2 is 1.94 bits per heavy atom. The summed E-state index contributed by atoms with van der Waals surface area (Å²) in [7, 11) is 0. The molecule has 0 aliphatic rings. The van der Waals surface area contributed by atoms with Gasteiger partial charge in [-0.3, -0.25) is 14.4 Å². The monoisotopic (exact) mass is 264 g/mol. The fraction of sp³-hybridized carbons (Fsp3) is 0.300. The third kappa shape index (κ3) is 2.28. The van der Waals surface area contributed by atoms with Crippen molar-refractivity contribution in [2.24, 2.45) is 0 Å². The standard InChI is InChI=1S/C10H7F3O3S/c1-5(14)10(13,8(16)9(11)12)7(15)6-3-2-4-17-6/h2-4,9H,1H3. The molecule has 1 aromatic heterocycles. The van der Waals surface area contributed by atoms with Gasteiger partial charge in [0.2, 0.25) is 5.78 Å². The average molecular weight is 264 g/mol. The van der Waals surface area contributed by atoms with E-state index in [4.69, 9.17) is 0 Å². The molecular weight excluding hydrogens is 257 g/mol. The van der Waals surface area contributed by atoms with E-state index in [1.165, 1.54) is 11.4 Å². The maximum Gasteiger partial charge on any atom is 0.300 e. The van der Waals surface area contributed by atoms with E-state index in [0.717, 1.165) is 17.4 Å². The van der Waals surface area contributed by atoms with E-state index in [-0.39, 0.29) is 4.88 Å². The van der Waals surface area contributed by atoms with Crippen LogP contribution in [0.5, 0.6) is 0 Å². The van der Waals surface area contributed by atoms with Gasteiger partial charge in [-0.15, -0.1) is 11.3 Å². The number of rotatable bonds is 5. The molecule has 0 aromatic carbocycles. The second kappa shape index (κ2) is 4.79. The Hall–Kier alpha value is -1.50. The van der Waals surface area contributed by atoms with E-state index in [9.17, 15) is 27.6 Å². The van der Waals surface area contributed by atoms with Crippen LogP contribution in [0, 0.1) is 0 Å². The SMILES string of the molecule is CC(=O)C(F)(C(=O)c1cccs1)C(=O)C(F)F. The first-order chi connectivity index (χ1) is 7.81. The first kappa shape index (κ1) is 13.6. The van der Waals surface area contributed by atoms with Crippen LogP contribution in [0.4, 0.5) is 13.2 Å². The summed E-state index contributed by atoms with van der Waals surface area (Å²) < 4.78 is 38.4. The van der Waals surface area contributed by atoms with Crippen molar-refractivity contribution in [1.29, 1.82) is 0 Å². The van der Waals surface area contributed by atoms with Gasteiger partial charge >= 0.3 is 0 Å². The Labute approximate surface area is 98.2 Å². The largest absolute Gasteiger partial charge is 0.300 e. The molecular formula is C10H7F3O3S. The number of halogens is 3. The van der Waals surface area contributed by atoms with Gasteiger partial charge < -0.3 is 0 Å². The van der Waals surface area contributed by atoms with Crippen LogP contribution in [0.2, 0.25) is 0 Å². The van der Waals surface area contributed by atoms with E-state index in [2.05, 4.69) is 0 Å². The van der Waals surface area contributed by atoms with Gasteiger partial charge in [0.1, 0.15) is 0 Å². The van der Waals surface area contributed by atoms with Gasteiger partial charge in [0, 0.05) is 0 Å². The van der Waals surface area contributed by atoms with Crippen LogP contribution in [0.3, 0.4) is 0 Å². The molecule has 0 radical (unpaired) electrons. The summed E-state index contributed by atoms with van der Waals surface area (Å²) in [4.78, 5) is 33.3. The van der Waals surface area contributed by atoms with Crippen LogP contribution >= 0.6 is 11.3 Å². The lowest BCUT2D eigenvalue weighted by Gasteiger charge is -2.18. The van der Waals surface area contributed by atoms with Gasteiger partial charge in [-0.05, 0) is 18.4 Å². The van der Waals surface area contributed by atoms with Gasteiger partial charge in [0.05, 0.1) is 4.88 Å². The van der Waals surface area contributed by atoms with E-state index >= 15 is 0 Å². The summed E-state index contributed by atoms with van der Waals surface area (Å²) in [6.07, 6.45) is -3.71. The topological polar surface area (TPSA) is 51.2 Å². The Morgan fingerprint density at radius 3 is 2.29 bits per heavy atom. The zero-order valence-corrected chi connectivity index (χ0v) is 9.39. The normalized spacial score (nSPS) is 14.4. The van der Waals surface area contributed by atoms with Crippen LogP contribution in [0.1, 0.15) is 16.6 Å². The van der Waals surface area contributed by atoms with Crippen molar-refractivity contribution >= 4 is 28.7 Å². The van der Waals surface area contributed by atoms with Crippen molar-refractivity contribution in [2.75, 3.05) is 0 Å². The minimum Gasteiger partial charge on any atom is -0.295 e. The maximum absolute atomic E-state index is 14.0. The number of carbonyl (C=O) groups excluding carboxylic acids is 3. The molecule has 0 N–H and O–H groups in total. The number of thiophene rings is 1. The molecule has 0 amide bonds. The average Bonchev–Trinajstić information content (AvgIpc) is 2.78. The van der Waals surface area contributed by atoms with Gasteiger partial charge in [0.25, 0.3) is 17.9 Å². The highest BCUT2D eigenvalue weighted by Gasteiger charge is 2.54. The third-order valence-electron chi connectivity index (χ3n) is 2.08. The van der Waals surface area contributed by atoms with E-state index < -0.39 is 29.4 Å². The predicted molar refractivity (Wildman–Crippen MR) is 54.2 cm³/mol. The van der Waals surface area contributed by atoms with Crippen molar-refractivity contribution in [3.63, 3.8) is 0 Å². The molecule has 0 fully saturated rings. The molecule has 1 heterocycles. The Kier molecular flexibility index (Phi) is 3.82. The molecule has 0 aliphatic carbocycles. The molecule has 0 saturated heterocycles. The Bertz CT molecular complexity index is 455. The molecule has 1 aromatic rings. The van der Waals surface area contributed by atoms with Crippen LogP contribution in [-0.4, -0.2) is 29.4 Å². The van der Waals surface area contributed by atoms with Gasteiger partial charge in [-0.2, -0.15) is 0 Å². The van der Waals surface area contributed by atoms with Crippen molar-refractivity contribution < 1.29 is 27.6 Å². The van der Waals surface area contributed by atoms with Gasteiger partial charge in [0.15, 0.2) is 5.78 Å². The highest BCUT2D eigenvalue weighted by Crippen LogP contribution is 2.26. The first-order valence-corrected chi connectivity index (χ1v) is 5.30. The molecule has 0 saturated carbocycles. The number of carbonyl (C=O) groups is 3. The number of ketones is 3. The lowest BCUT2D eigenvalue weighted by Crippen LogP contribution is -2.51. The van der Waals surface area contributed by atoms with Crippen LogP contribution < -0.4 is 0 Å². The summed E-state index contributed by atoms with van der Waals surface area (Å²) in [5.74, 6) is -5.39. The quantitative estimate of drug-likeness (QED) is 0.604. The first-order valence-electron chi connectivity index (χ1n) is 4.42. The summed E-state index contributed by atoms with van der Waals surface area (Å²) in [5.41, 5.74) is -3.79. The van der Waals surface area contributed by atoms with Crippen molar-refractivity contribution in [2.45, 2.75) is 19.0 Å². The van der Waals surface area contributed by atoms with Crippen LogP contribution in [-0.2, 0) is 9.59 Å². The number of hydrogen-bond acceptors (Lipinski definition) is 4. The molecule has 0 aliphatic heterocycles. The second-order valence-electron chi connectivity index (χ2n) is 3.19. The second-order valence-corrected chi connectivity index (χ2v) is 4.13. The Balaban J connectivity index is 3.22. The molecule has 3 nitrogen and oxygen atoms in total. The minimum absolute atomic E-state index is 0.253. The summed E-state index contributed by atoms with van der Waals surface area (Å²) in [6, 6.07) is 2.54.